The molecule has 2 rings (SSSR count). The quantitative estimate of drug-likeness (QED) is 0.516. The van der Waals surface area contributed by atoms with E-state index in [1.54, 1.807) is 0 Å². The molecule has 7 heteroatoms. The highest BCUT2D eigenvalue weighted by Gasteiger charge is 2.27. The summed E-state index contributed by atoms with van der Waals surface area (Å²) in [4.78, 5) is 19.0. The zero-order chi connectivity index (χ0) is 21.4. The molecular formula is C22H40N6O. The summed E-state index contributed by atoms with van der Waals surface area (Å²) in [5.41, 5.74) is 3.71. The summed E-state index contributed by atoms with van der Waals surface area (Å²) in [6, 6.07) is 0.345. The van der Waals surface area contributed by atoms with Gasteiger partial charge in [0.05, 0.1) is 5.69 Å². The third-order valence-electron chi connectivity index (χ3n) is 6.17. The third kappa shape index (κ3) is 5.73. The van der Waals surface area contributed by atoms with Gasteiger partial charge in [0.15, 0.2) is 5.96 Å². The summed E-state index contributed by atoms with van der Waals surface area (Å²) in [6.07, 6.45) is 5.67. The zero-order valence-electron chi connectivity index (χ0n) is 19.2. The van der Waals surface area contributed by atoms with Crippen LogP contribution in [0.4, 0.5) is 0 Å². The number of carbonyl (C=O) groups excluding carboxylic acids is 1. The van der Waals surface area contributed by atoms with Crippen molar-refractivity contribution in [3.8, 4) is 0 Å². The SMILES string of the molecule is CCc1nn(C)c(CC)c1CNC(=NC)NC1CCN(C(=O)C(CC)CC)CC1. The first-order valence-electron chi connectivity index (χ1n) is 11.3. The van der Waals surface area contributed by atoms with Crippen LogP contribution in [0.1, 0.15) is 70.3 Å². The first kappa shape index (κ1) is 23.2. The van der Waals surface area contributed by atoms with Crippen molar-refractivity contribution in [1.29, 1.82) is 0 Å². The van der Waals surface area contributed by atoms with Crippen LogP contribution < -0.4 is 10.6 Å². The van der Waals surface area contributed by atoms with E-state index in [2.05, 4.69) is 48.4 Å². The monoisotopic (exact) mass is 404 g/mol. The first-order valence-corrected chi connectivity index (χ1v) is 11.3. The van der Waals surface area contributed by atoms with Gasteiger partial charge in [-0.15, -0.1) is 0 Å². The molecule has 1 saturated heterocycles. The zero-order valence-corrected chi connectivity index (χ0v) is 19.2. The topological polar surface area (TPSA) is 74.6 Å². The number of piperidine rings is 1. The normalized spacial score (nSPS) is 15.8. The summed E-state index contributed by atoms with van der Waals surface area (Å²) < 4.78 is 2.00. The van der Waals surface area contributed by atoms with Gasteiger partial charge in [-0.25, -0.2) is 0 Å². The molecule has 0 radical (unpaired) electrons. The number of hydrogen-bond acceptors (Lipinski definition) is 3. The Labute approximate surface area is 176 Å². The first-order chi connectivity index (χ1) is 14.0. The van der Waals surface area contributed by atoms with E-state index >= 15 is 0 Å². The standard InChI is InChI=1S/C22H40N6O/c1-7-16(8-2)21(29)28-13-11-17(12-14-28)25-22(23-5)24-15-18-19(9-3)26-27(6)20(18)10-4/h16-17H,7-15H2,1-6H3,(H2,23,24,25). The van der Waals surface area contributed by atoms with Crippen molar-refractivity contribution >= 4 is 11.9 Å². The molecule has 0 bridgehead atoms. The highest BCUT2D eigenvalue weighted by Crippen LogP contribution is 2.18. The van der Waals surface area contributed by atoms with Gasteiger partial charge in [0, 0.05) is 56.9 Å². The number of carbonyl (C=O) groups is 1. The Balaban J connectivity index is 1.89. The fourth-order valence-electron chi connectivity index (χ4n) is 4.29. The van der Waals surface area contributed by atoms with Crippen LogP contribution >= 0.6 is 0 Å². The van der Waals surface area contributed by atoms with E-state index in [-0.39, 0.29) is 5.92 Å². The highest BCUT2D eigenvalue weighted by molar-refractivity contribution is 5.80. The van der Waals surface area contributed by atoms with Crippen LogP contribution in [0.25, 0.3) is 0 Å². The van der Waals surface area contributed by atoms with Crippen molar-refractivity contribution < 1.29 is 4.79 Å². The van der Waals surface area contributed by atoms with Crippen LogP contribution in [0, 0.1) is 5.92 Å². The smallest absolute Gasteiger partial charge is 0.225 e. The van der Waals surface area contributed by atoms with Crippen molar-refractivity contribution in [3.63, 3.8) is 0 Å². The Morgan fingerprint density at radius 2 is 1.83 bits per heavy atom. The van der Waals surface area contributed by atoms with Crippen molar-refractivity contribution in [2.45, 2.75) is 78.8 Å². The average molecular weight is 405 g/mol. The summed E-state index contributed by atoms with van der Waals surface area (Å²) in [7, 11) is 3.83. The Bertz CT molecular complexity index is 684. The van der Waals surface area contributed by atoms with E-state index in [1.807, 2.05) is 23.7 Å². The van der Waals surface area contributed by atoms with Crippen LogP contribution in [0.15, 0.2) is 4.99 Å². The molecule has 1 amide bonds. The van der Waals surface area contributed by atoms with Gasteiger partial charge in [-0.3, -0.25) is 14.5 Å². The lowest BCUT2D eigenvalue weighted by Gasteiger charge is -2.34. The molecule has 1 aromatic rings. The van der Waals surface area contributed by atoms with Crippen molar-refractivity contribution in [2.75, 3.05) is 20.1 Å². The molecule has 0 saturated carbocycles. The Morgan fingerprint density at radius 1 is 1.17 bits per heavy atom. The van der Waals surface area contributed by atoms with E-state index < -0.39 is 0 Å². The molecule has 29 heavy (non-hydrogen) atoms. The number of nitrogens with one attached hydrogen (secondary N) is 2. The lowest BCUT2D eigenvalue weighted by Crippen LogP contribution is -2.50. The van der Waals surface area contributed by atoms with Gasteiger partial charge in [0.1, 0.15) is 0 Å². The highest BCUT2D eigenvalue weighted by atomic mass is 16.2. The molecule has 0 aliphatic carbocycles. The number of hydrogen-bond donors (Lipinski definition) is 2. The molecule has 1 aromatic heterocycles. The number of nitrogens with zero attached hydrogens (tertiary/aromatic N) is 4. The molecular weight excluding hydrogens is 364 g/mol. The molecule has 0 aromatic carbocycles. The second-order valence-corrected chi connectivity index (χ2v) is 7.89. The van der Waals surface area contributed by atoms with Crippen molar-refractivity contribution in [2.24, 2.45) is 18.0 Å². The lowest BCUT2D eigenvalue weighted by atomic mass is 9.98. The molecule has 164 valence electrons. The number of aryl methyl sites for hydroxylation is 2. The summed E-state index contributed by atoms with van der Waals surface area (Å²) in [5, 5.41) is 11.7. The Morgan fingerprint density at radius 3 is 2.34 bits per heavy atom. The van der Waals surface area contributed by atoms with Crippen LogP contribution in [0.5, 0.6) is 0 Å². The van der Waals surface area contributed by atoms with E-state index in [4.69, 9.17) is 0 Å². The summed E-state index contributed by atoms with van der Waals surface area (Å²) >= 11 is 0. The maximum atomic E-state index is 12.6. The van der Waals surface area contributed by atoms with Gasteiger partial charge in [-0.1, -0.05) is 27.7 Å². The Hall–Kier alpha value is -2.05. The largest absolute Gasteiger partial charge is 0.354 e. The number of aromatic nitrogens is 2. The van der Waals surface area contributed by atoms with Gasteiger partial charge >= 0.3 is 0 Å². The minimum Gasteiger partial charge on any atom is -0.354 e. The lowest BCUT2D eigenvalue weighted by molar-refractivity contribution is -0.136. The van der Waals surface area contributed by atoms with Crippen molar-refractivity contribution in [3.05, 3.63) is 17.0 Å². The average Bonchev–Trinajstić information content (AvgIpc) is 3.06. The molecule has 1 fully saturated rings. The van der Waals surface area contributed by atoms with Crippen LogP contribution in [-0.2, 0) is 31.2 Å². The van der Waals surface area contributed by atoms with E-state index in [0.29, 0.717) is 11.9 Å². The van der Waals surface area contributed by atoms with Gasteiger partial charge in [-0.05, 0) is 38.5 Å². The van der Waals surface area contributed by atoms with Crippen LogP contribution in [0.2, 0.25) is 0 Å². The second-order valence-electron chi connectivity index (χ2n) is 7.89. The molecule has 0 spiro atoms. The maximum Gasteiger partial charge on any atom is 0.225 e. The van der Waals surface area contributed by atoms with Gasteiger partial charge in [0.25, 0.3) is 0 Å². The number of rotatable bonds is 8. The van der Waals surface area contributed by atoms with E-state index in [1.165, 1.54) is 11.3 Å². The summed E-state index contributed by atoms with van der Waals surface area (Å²) in [5.74, 6) is 1.32. The molecule has 2 heterocycles. The maximum absolute atomic E-state index is 12.6. The molecule has 0 atom stereocenters. The minimum atomic E-state index is 0.175. The van der Waals surface area contributed by atoms with E-state index in [0.717, 1.165) is 69.8 Å². The Kier molecular flexibility index (Phi) is 8.99. The fraction of sp³-hybridized carbons (Fsp3) is 0.773. The van der Waals surface area contributed by atoms with Crippen LogP contribution in [0.3, 0.4) is 0 Å². The number of guanidine groups is 1. The molecule has 7 nitrogen and oxygen atoms in total. The van der Waals surface area contributed by atoms with E-state index in [9.17, 15) is 4.79 Å². The third-order valence-corrected chi connectivity index (χ3v) is 6.17. The molecule has 0 unspecified atom stereocenters. The predicted octanol–water partition coefficient (Wildman–Crippen LogP) is 2.64. The molecule has 2 N–H and O–H groups in total. The van der Waals surface area contributed by atoms with Gasteiger partial charge < -0.3 is 15.5 Å². The van der Waals surface area contributed by atoms with Crippen LogP contribution in [-0.4, -0.2) is 52.7 Å². The predicted molar refractivity (Wildman–Crippen MR) is 119 cm³/mol. The fourth-order valence-corrected chi connectivity index (χ4v) is 4.29. The number of aliphatic imine (C=N–C) groups is 1. The second kappa shape index (κ2) is 11.2. The number of amides is 1. The molecule has 1 aliphatic heterocycles. The van der Waals surface area contributed by atoms with Gasteiger partial charge in [0.2, 0.25) is 5.91 Å². The van der Waals surface area contributed by atoms with Gasteiger partial charge in [-0.2, -0.15) is 5.10 Å². The van der Waals surface area contributed by atoms with Crippen molar-refractivity contribution in [1.82, 2.24) is 25.3 Å². The minimum absolute atomic E-state index is 0.175. The number of likely N-dealkylation sites (tertiary alicyclic amines) is 1. The summed E-state index contributed by atoms with van der Waals surface area (Å²) in [6.45, 7) is 10.9. The molecule has 1 aliphatic rings.